The highest BCUT2D eigenvalue weighted by Gasteiger charge is 2.25. The molecular formula is C12H23N5O2. The first kappa shape index (κ1) is 15.6. The number of aromatic amines is 1. The molecule has 7 heteroatoms. The molecule has 108 valence electrons. The standard InChI is InChI=1S/C12H23N5O2/c1-8(13)16-5-3-2-4-9(14)11(18)12(19)10-6-15-7-17-10/h6-7,9,11-12,18-19H,2-5,14H2,1H3,(H2,13,16)(H,15,17)/t9-,11?,12?/m0/s1. The lowest BCUT2D eigenvalue weighted by Crippen LogP contribution is -2.39. The van der Waals surface area contributed by atoms with Crippen LogP contribution in [0.15, 0.2) is 12.5 Å². The summed E-state index contributed by atoms with van der Waals surface area (Å²) < 4.78 is 0. The first-order chi connectivity index (χ1) is 9.02. The van der Waals surface area contributed by atoms with Crippen molar-refractivity contribution in [3.63, 3.8) is 0 Å². The second-order valence-electron chi connectivity index (χ2n) is 4.65. The van der Waals surface area contributed by atoms with Crippen LogP contribution in [0, 0.1) is 5.41 Å². The van der Waals surface area contributed by atoms with Gasteiger partial charge in [-0.1, -0.05) is 6.42 Å². The summed E-state index contributed by atoms with van der Waals surface area (Å²) in [5.41, 5.74) is 6.32. The van der Waals surface area contributed by atoms with Crippen molar-refractivity contribution in [1.82, 2.24) is 15.3 Å². The topological polar surface area (TPSA) is 131 Å². The van der Waals surface area contributed by atoms with Gasteiger partial charge in [0.25, 0.3) is 0 Å². The smallest absolute Gasteiger partial charge is 0.123 e. The normalized spacial score (nSPS) is 15.8. The van der Waals surface area contributed by atoms with Crippen LogP contribution in [0.4, 0.5) is 0 Å². The maximum atomic E-state index is 9.93. The van der Waals surface area contributed by atoms with Crippen molar-refractivity contribution >= 4 is 5.84 Å². The van der Waals surface area contributed by atoms with Gasteiger partial charge in [0.15, 0.2) is 0 Å². The second kappa shape index (κ2) is 7.88. The average molecular weight is 269 g/mol. The maximum absolute atomic E-state index is 9.93. The van der Waals surface area contributed by atoms with Gasteiger partial charge in [0.1, 0.15) is 12.2 Å². The fourth-order valence-corrected chi connectivity index (χ4v) is 1.80. The molecule has 3 atom stereocenters. The third kappa shape index (κ3) is 5.37. The summed E-state index contributed by atoms with van der Waals surface area (Å²) in [7, 11) is 0. The van der Waals surface area contributed by atoms with Crippen molar-refractivity contribution < 1.29 is 10.2 Å². The maximum Gasteiger partial charge on any atom is 0.123 e. The van der Waals surface area contributed by atoms with Gasteiger partial charge in [-0.15, -0.1) is 0 Å². The molecule has 0 aliphatic rings. The van der Waals surface area contributed by atoms with E-state index in [2.05, 4.69) is 15.3 Å². The van der Waals surface area contributed by atoms with E-state index in [4.69, 9.17) is 11.1 Å². The number of unbranched alkanes of at least 4 members (excludes halogenated alkanes) is 1. The first-order valence-electron chi connectivity index (χ1n) is 6.41. The Morgan fingerprint density at radius 2 is 2.26 bits per heavy atom. The summed E-state index contributed by atoms with van der Waals surface area (Å²) >= 11 is 0. The summed E-state index contributed by atoms with van der Waals surface area (Å²) in [6, 6.07) is -0.487. The van der Waals surface area contributed by atoms with Gasteiger partial charge in [-0.3, -0.25) is 5.41 Å². The molecule has 0 aromatic carbocycles. The fraction of sp³-hybridized carbons (Fsp3) is 0.667. The molecule has 1 aromatic rings. The summed E-state index contributed by atoms with van der Waals surface area (Å²) in [6.07, 6.45) is 3.17. The quantitative estimate of drug-likeness (QED) is 0.223. The predicted molar refractivity (Wildman–Crippen MR) is 72.8 cm³/mol. The molecule has 0 saturated carbocycles. The van der Waals surface area contributed by atoms with Crippen molar-refractivity contribution in [3.05, 3.63) is 18.2 Å². The molecule has 0 radical (unpaired) electrons. The number of H-pyrrole nitrogens is 1. The Bertz CT molecular complexity index is 368. The summed E-state index contributed by atoms with van der Waals surface area (Å²) in [6.45, 7) is 2.41. The molecule has 0 spiro atoms. The van der Waals surface area contributed by atoms with Crippen molar-refractivity contribution in [2.45, 2.75) is 44.4 Å². The van der Waals surface area contributed by atoms with Crippen molar-refractivity contribution in [2.75, 3.05) is 6.54 Å². The minimum Gasteiger partial charge on any atom is -0.388 e. The van der Waals surface area contributed by atoms with Gasteiger partial charge in [0.05, 0.1) is 24.1 Å². The summed E-state index contributed by atoms with van der Waals surface area (Å²) in [5.74, 6) is 0.444. The molecule has 0 bridgehead atoms. The van der Waals surface area contributed by atoms with E-state index in [1.807, 2.05) is 0 Å². The number of nitrogens with zero attached hydrogens (tertiary/aromatic N) is 1. The zero-order chi connectivity index (χ0) is 14.3. The predicted octanol–water partition coefficient (Wildman–Crippen LogP) is -0.112. The van der Waals surface area contributed by atoms with Crippen LogP contribution in [0.1, 0.15) is 38.0 Å². The number of aromatic nitrogens is 2. The third-order valence-electron chi connectivity index (χ3n) is 2.95. The van der Waals surface area contributed by atoms with Crippen LogP contribution in [0.3, 0.4) is 0 Å². The minimum atomic E-state index is -1.04. The van der Waals surface area contributed by atoms with Gasteiger partial charge in [-0.25, -0.2) is 4.98 Å². The Hall–Kier alpha value is -1.44. The Balaban J connectivity index is 2.25. The lowest BCUT2D eigenvalue weighted by molar-refractivity contribution is -0.00132. The van der Waals surface area contributed by atoms with Crippen LogP contribution >= 0.6 is 0 Å². The number of rotatable bonds is 8. The highest BCUT2D eigenvalue weighted by molar-refractivity contribution is 5.75. The van der Waals surface area contributed by atoms with Crippen LogP contribution < -0.4 is 11.1 Å². The van der Waals surface area contributed by atoms with E-state index >= 15 is 0 Å². The van der Waals surface area contributed by atoms with Gasteiger partial charge in [-0.05, 0) is 19.8 Å². The first-order valence-corrected chi connectivity index (χ1v) is 6.41. The number of aliphatic hydroxyl groups is 2. The average Bonchev–Trinajstić information content (AvgIpc) is 2.89. The molecule has 1 heterocycles. The molecule has 0 fully saturated rings. The number of nitrogens with one attached hydrogen (secondary N) is 3. The van der Waals surface area contributed by atoms with Gasteiger partial charge >= 0.3 is 0 Å². The molecule has 7 N–H and O–H groups in total. The van der Waals surface area contributed by atoms with Gasteiger partial charge in [0.2, 0.25) is 0 Å². The fourth-order valence-electron chi connectivity index (χ4n) is 1.80. The summed E-state index contributed by atoms with van der Waals surface area (Å²) in [4.78, 5) is 6.54. The Kier molecular flexibility index (Phi) is 6.48. The summed E-state index contributed by atoms with van der Waals surface area (Å²) in [5, 5.41) is 29.9. The molecule has 1 rings (SSSR count). The van der Waals surface area contributed by atoms with Crippen LogP contribution in [0.2, 0.25) is 0 Å². The van der Waals surface area contributed by atoms with E-state index in [-0.39, 0.29) is 0 Å². The molecule has 7 nitrogen and oxygen atoms in total. The molecule has 0 saturated heterocycles. The van der Waals surface area contributed by atoms with E-state index < -0.39 is 18.2 Å². The Labute approximate surface area is 112 Å². The monoisotopic (exact) mass is 269 g/mol. The number of amidine groups is 1. The van der Waals surface area contributed by atoms with Crippen LogP contribution in [0.25, 0.3) is 0 Å². The lowest BCUT2D eigenvalue weighted by Gasteiger charge is -2.23. The van der Waals surface area contributed by atoms with Crippen molar-refractivity contribution in [3.8, 4) is 0 Å². The van der Waals surface area contributed by atoms with E-state index in [1.165, 1.54) is 12.5 Å². The SMILES string of the molecule is CC(=N)NCCCC[C@H](N)C(O)C(O)c1cnc[nH]1. The van der Waals surface area contributed by atoms with E-state index in [0.717, 1.165) is 19.4 Å². The van der Waals surface area contributed by atoms with E-state index in [9.17, 15) is 10.2 Å². The molecule has 19 heavy (non-hydrogen) atoms. The third-order valence-corrected chi connectivity index (χ3v) is 2.95. The molecule has 0 aliphatic carbocycles. The van der Waals surface area contributed by atoms with Crippen molar-refractivity contribution in [1.29, 1.82) is 5.41 Å². The van der Waals surface area contributed by atoms with Gasteiger partial charge < -0.3 is 26.2 Å². The molecule has 1 aromatic heterocycles. The minimum absolute atomic E-state index is 0.444. The second-order valence-corrected chi connectivity index (χ2v) is 4.65. The Morgan fingerprint density at radius 3 is 2.84 bits per heavy atom. The van der Waals surface area contributed by atoms with Crippen LogP contribution in [0.5, 0.6) is 0 Å². The van der Waals surface area contributed by atoms with Gasteiger partial charge in [0, 0.05) is 12.6 Å². The number of hydrogen-bond acceptors (Lipinski definition) is 5. The largest absolute Gasteiger partial charge is 0.388 e. The van der Waals surface area contributed by atoms with E-state index in [0.29, 0.717) is 18.0 Å². The number of nitrogens with two attached hydrogens (primary N) is 1. The van der Waals surface area contributed by atoms with Crippen LogP contribution in [-0.4, -0.2) is 44.7 Å². The number of aliphatic hydroxyl groups excluding tert-OH is 2. The number of hydrogen-bond donors (Lipinski definition) is 6. The van der Waals surface area contributed by atoms with Crippen molar-refractivity contribution in [2.24, 2.45) is 5.73 Å². The van der Waals surface area contributed by atoms with Gasteiger partial charge in [-0.2, -0.15) is 0 Å². The zero-order valence-corrected chi connectivity index (χ0v) is 11.1. The highest BCUT2D eigenvalue weighted by atomic mass is 16.3. The molecule has 2 unspecified atom stereocenters. The number of imidazole rings is 1. The zero-order valence-electron chi connectivity index (χ0n) is 11.1. The highest BCUT2D eigenvalue weighted by Crippen LogP contribution is 2.17. The van der Waals surface area contributed by atoms with Crippen LogP contribution in [-0.2, 0) is 0 Å². The molecule has 0 amide bonds. The lowest BCUT2D eigenvalue weighted by atomic mass is 9.99. The molecular weight excluding hydrogens is 246 g/mol. The Morgan fingerprint density at radius 1 is 1.53 bits per heavy atom. The molecule has 0 aliphatic heterocycles. The van der Waals surface area contributed by atoms with E-state index in [1.54, 1.807) is 6.92 Å².